The Morgan fingerprint density at radius 1 is 1.10 bits per heavy atom. The highest BCUT2D eigenvalue weighted by atomic mass is 32.3. The summed E-state index contributed by atoms with van der Waals surface area (Å²) < 4.78 is 46.7. The molecule has 0 fully saturated rings. The highest BCUT2D eigenvalue weighted by Gasteiger charge is 2.65. The van der Waals surface area contributed by atoms with E-state index in [4.69, 9.17) is 0 Å². The average Bonchev–Trinajstić information content (AvgIpc) is 2.57. The average molecular weight is 331 g/mol. The molecule has 1 aromatic carbocycles. The topological polar surface area (TPSA) is 88.6 Å². The predicted octanol–water partition coefficient (Wildman–Crippen LogP) is 0.604. The van der Waals surface area contributed by atoms with Gasteiger partial charge in [-0.3, -0.25) is 4.79 Å². The lowest BCUT2D eigenvalue weighted by atomic mass is 10.1. The van der Waals surface area contributed by atoms with Crippen LogP contribution in [0.3, 0.4) is 0 Å². The van der Waals surface area contributed by atoms with E-state index in [2.05, 4.69) is 0 Å². The van der Waals surface area contributed by atoms with Crippen molar-refractivity contribution in [1.82, 2.24) is 0 Å². The third kappa shape index (κ3) is 1.85. The molecule has 2 rings (SSSR count). The smallest absolute Gasteiger partial charge is 0.276 e. The van der Waals surface area contributed by atoms with Crippen LogP contribution in [0.2, 0.25) is 0 Å². The first-order valence-corrected chi connectivity index (χ1v) is 10.1. The van der Waals surface area contributed by atoms with E-state index < -0.39 is 29.7 Å². The summed E-state index contributed by atoms with van der Waals surface area (Å²) in [5, 5.41) is 0. The Morgan fingerprint density at radius 3 is 2.05 bits per heavy atom. The first-order chi connectivity index (χ1) is 9.50. The van der Waals surface area contributed by atoms with Crippen molar-refractivity contribution in [3.8, 4) is 0 Å². The molecule has 0 spiro atoms. The second-order valence-corrected chi connectivity index (χ2v) is 9.75. The van der Waals surface area contributed by atoms with Gasteiger partial charge in [-0.25, -0.2) is 16.8 Å². The van der Waals surface area contributed by atoms with Crippen LogP contribution in [0.25, 0.3) is 0 Å². The van der Waals surface area contributed by atoms with Crippen molar-refractivity contribution in [2.24, 2.45) is 0 Å². The molecule has 1 amide bonds. The van der Waals surface area contributed by atoms with Gasteiger partial charge in [-0.05, 0) is 19.4 Å². The number of carbonyl (C=O) groups is 1. The number of sulfone groups is 2. The quantitative estimate of drug-likeness (QED) is 0.809. The first kappa shape index (κ1) is 16.0. The summed E-state index contributed by atoms with van der Waals surface area (Å²) in [7, 11) is -8.45. The Morgan fingerprint density at radius 2 is 1.62 bits per heavy atom. The zero-order valence-corrected chi connectivity index (χ0v) is 13.9. The molecule has 1 aliphatic rings. The summed E-state index contributed by atoms with van der Waals surface area (Å²) in [4.78, 5) is 14.0. The lowest BCUT2D eigenvalue weighted by Gasteiger charge is -2.24. The molecule has 0 unspecified atom stereocenters. The molecular formula is C13H17NO5S2. The summed E-state index contributed by atoms with van der Waals surface area (Å²) >= 11 is 0. The van der Waals surface area contributed by atoms with Crippen LogP contribution in [-0.2, 0) is 28.5 Å². The number of carbonyl (C=O) groups excluding carboxylic acids is 1. The monoisotopic (exact) mass is 331 g/mol. The van der Waals surface area contributed by atoms with Crippen LogP contribution in [0.4, 0.5) is 5.69 Å². The number of hydrogen-bond acceptors (Lipinski definition) is 5. The van der Waals surface area contributed by atoms with E-state index in [9.17, 15) is 21.6 Å². The Hall–Kier alpha value is -1.41. The fourth-order valence-electron chi connectivity index (χ4n) is 2.97. The van der Waals surface area contributed by atoms with Gasteiger partial charge in [0.2, 0.25) is 0 Å². The number of aryl methyl sites for hydroxylation is 1. The molecule has 0 bridgehead atoms. The molecule has 0 radical (unpaired) electrons. The van der Waals surface area contributed by atoms with E-state index in [-0.39, 0.29) is 12.1 Å². The fraction of sp³-hybridized carbons (Fsp3) is 0.462. The number of rotatable bonds is 3. The number of fused-ring (bicyclic) bond motifs is 1. The summed E-state index contributed by atoms with van der Waals surface area (Å²) in [6.07, 6.45) is 1.58. The Bertz CT molecular complexity index is 792. The van der Waals surface area contributed by atoms with Crippen LogP contribution in [-0.4, -0.2) is 41.8 Å². The maximum Gasteiger partial charge on any atom is 0.276 e. The van der Waals surface area contributed by atoms with E-state index >= 15 is 0 Å². The summed E-state index contributed by atoms with van der Waals surface area (Å²) in [6, 6.07) is 4.68. The molecule has 0 saturated carbocycles. The molecule has 0 N–H and O–H groups in total. The molecule has 116 valence electrons. The number of benzene rings is 1. The van der Waals surface area contributed by atoms with Crippen LogP contribution < -0.4 is 4.90 Å². The molecule has 0 aliphatic carbocycles. The maximum absolute atomic E-state index is 12.7. The molecule has 1 heterocycles. The van der Waals surface area contributed by atoms with Crippen molar-refractivity contribution in [2.75, 3.05) is 24.0 Å². The van der Waals surface area contributed by atoms with Gasteiger partial charge in [0.05, 0.1) is 5.69 Å². The van der Waals surface area contributed by atoms with Crippen LogP contribution in [0, 0.1) is 6.92 Å². The number of para-hydroxylation sites is 1. The van der Waals surface area contributed by atoms with Gasteiger partial charge in [0.25, 0.3) is 9.99 Å². The van der Waals surface area contributed by atoms with Crippen molar-refractivity contribution in [3.05, 3.63) is 29.3 Å². The maximum atomic E-state index is 12.7. The van der Waals surface area contributed by atoms with Gasteiger partial charge in [0, 0.05) is 24.6 Å². The molecule has 0 atom stereocenters. The molecule has 0 aromatic heterocycles. The lowest BCUT2D eigenvalue weighted by molar-refractivity contribution is -0.118. The zero-order chi connectivity index (χ0) is 16.2. The molecule has 8 heteroatoms. The van der Waals surface area contributed by atoms with E-state index in [1.54, 1.807) is 26.0 Å². The van der Waals surface area contributed by atoms with E-state index in [1.165, 1.54) is 11.0 Å². The Kier molecular flexibility index (Phi) is 3.45. The Labute approximate surface area is 124 Å². The Balaban J connectivity index is 3.08. The number of amides is 1. The third-order valence-electron chi connectivity index (χ3n) is 3.75. The minimum absolute atomic E-state index is 0.0272. The highest BCUT2D eigenvalue weighted by Crippen LogP contribution is 2.49. The standard InChI is InChI=1S/C13H17NO5S2/c1-5-14-11-9(2)7-6-8-10(11)13(12(14)15,20(3,16)17)21(4,18)19/h6-8H,5H2,1-4H3. The molecule has 1 aromatic rings. The largest absolute Gasteiger partial charge is 0.309 e. The molecule has 6 nitrogen and oxygen atoms in total. The highest BCUT2D eigenvalue weighted by molar-refractivity contribution is 8.10. The SMILES string of the molecule is CCN1C(=O)C(S(C)(=O)=O)(S(C)(=O)=O)c2cccc(C)c21. The summed E-state index contributed by atoms with van der Waals surface area (Å²) in [5.74, 6) is -0.917. The van der Waals surface area contributed by atoms with Gasteiger partial charge < -0.3 is 4.90 Å². The van der Waals surface area contributed by atoms with Crippen molar-refractivity contribution in [1.29, 1.82) is 0 Å². The van der Waals surface area contributed by atoms with Crippen molar-refractivity contribution in [2.45, 2.75) is 17.9 Å². The number of hydrogen-bond donors (Lipinski definition) is 0. The molecule has 1 aliphatic heterocycles. The van der Waals surface area contributed by atoms with Gasteiger partial charge in [-0.2, -0.15) is 0 Å². The van der Waals surface area contributed by atoms with Crippen LogP contribution in [0.1, 0.15) is 18.1 Å². The first-order valence-electron chi connectivity index (χ1n) is 6.31. The molecule has 0 saturated heterocycles. The minimum atomic E-state index is -4.22. The van der Waals surface area contributed by atoms with E-state index in [0.29, 0.717) is 11.3 Å². The number of anilines is 1. The lowest BCUT2D eigenvalue weighted by Crippen LogP contribution is -2.50. The summed E-state index contributed by atoms with van der Waals surface area (Å²) in [5.41, 5.74) is 1.07. The third-order valence-corrected chi connectivity index (χ3v) is 8.44. The van der Waals surface area contributed by atoms with Crippen molar-refractivity contribution in [3.63, 3.8) is 0 Å². The van der Waals surface area contributed by atoms with Gasteiger partial charge >= 0.3 is 0 Å². The normalized spacial score (nSPS) is 17.9. The number of nitrogens with zero attached hydrogens (tertiary/aromatic N) is 1. The van der Waals surface area contributed by atoms with Crippen molar-refractivity contribution >= 4 is 31.3 Å². The van der Waals surface area contributed by atoms with Gasteiger partial charge in [-0.1, -0.05) is 18.2 Å². The van der Waals surface area contributed by atoms with Crippen LogP contribution >= 0.6 is 0 Å². The fourth-order valence-corrected chi connectivity index (χ4v) is 7.15. The van der Waals surface area contributed by atoms with E-state index in [0.717, 1.165) is 12.5 Å². The zero-order valence-electron chi connectivity index (χ0n) is 12.2. The molecular weight excluding hydrogens is 314 g/mol. The summed E-state index contributed by atoms with van der Waals surface area (Å²) in [6.45, 7) is 3.59. The predicted molar refractivity (Wildman–Crippen MR) is 80.6 cm³/mol. The molecule has 21 heavy (non-hydrogen) atoms. The van der Waals surface area contributed by atoms with Crippen LogP contribution in [0.15, 0.2) is 18.2 Å². The van der Waals surface area contributed by atoms with Crippen molar-refractivity contribution < 1.29 is 21.6 Å². The van der Waals surface area contributed by atoms with Crippen LogP contribution in [0.5, 0.6) is 0 Å². The second kappa shape index (κ2) is 4.54. The van der Waals surface area contributed by atoms with Gasteiger partial charge in [-0.15, -0.1) is 0 Å². The minimum Gasteiger partial charge on any atom is -0.309 e. The van der Waals surface area contributed by atoms with E-state index in [1.807, 2.05) is 0 Å². The van der Waals surface area contributed by atoms with Gasteiger partial charge in [0.15, 0.2) is 19.7 Å². The number of likely N-dealkylation sites (N-methyl/N-ethyl adjacent to an activating group) is 1. The second-order valence-electron chi connectivity index (χ2n) is 5.18. The van der Waals surface area contributed by atoms with Gasteiger partial charge in [0.1, 0.15) is 0 Å².